The summed E-state index contributed by atoms with van der Waals surface area (Å²) in [6.45, 7) is 4.46. The Morgan fingerprint density at radius 3 is 2.19 bits per heavy atom. The Labute approximate surface area is 97.9 Å². The third-order valence-electron chi connectivity index (χ3n) is 2.83. The lowest BCUT2D eigenvalue weighted by molar-refractivity contribution is 0.434. The van der Waals surface area contributed by atoms with Crippen LogP contribution >= 0.6 is 0 Å². The number of phenols is 2. The lowest BCUT2D eigenvalue weighted by atomic mass is 10.0. The van der Waals surface area contributed by atoms with Gasteiger partial charge < -0.3 is 10.2 Å². The van der Waals surface area contributed by atoms with Gasteiger partial charge in [-0.1, -0.05) is 39.2 Å². The van der Waals surface area contributed by atoms with Crippen molar-refractivity contribution >= 4 is 0 Å². The second-order valence-electron chi connectivity index (χ2n) is 4.77. The van der Waals surface area contributed by atoms with Gasteiger partial charge in [0.05, 0.1) is 0 Å². The number of hydrogen-bond donors (Lipinski definition) is 2. The van der Waals surface area contributed by atoms with Crippen molar-refractivity contribution in [1.29, 1.82) is 0 Å². The zero-order valence-electron chi connectivity index (χ0n) is 10.2. The molecule has 2 nitrogen and oxygen atoms in total. The van der Waals surface area contributed by atoms with Gasteiger partial charge in [0, 0.05) is 5.56 Å². The molecule has 0 atom stereocenters. The van der Waals surface area contributed by atoms with Crippen LogP contribution in [0.25, 0.3) is 0 Å². The molecule has 0 radical (unpaired) electrons. The number of benzene rings is 1. The van der Waals surface area contributed by atoms with E-state index in [-0.39, 0.29) is 11.5 Å². The summed E-state index contributed by atoms with van der Waals surface area (Å²) in [5, 5.41) is 19.2. The first-order chi connectivity index (χ1) is 7.61. The normalized spacial score (nSPS) is 10.9. The lowest BCUT2D eigenvalue weighted by Gasteiger charge is -2.07. The molecule has 0 saturated carbocycles. The van der Waals surface area contributed by atoms with Gasteiger partial charge in [0.1, 0.15) is 11.5 Å². The molecular formula is C14H22O2. The van der Waals surface area contributed by atoms with Crippen LogP contribution in [0.1, 0.15) is 45.1 Å². The molecule has 1 aromatic rings. The van der Waals surface area contributed by atoms with Gasteiger partial charge in [-0.2, -0.15) is 0 Å². The van der Waals surface area contributed by atoms with Gasteiger partial charge in [-0.15, -0.1) is 0 Å². The molecule has 0 unspecified atom stereocenters. The van der Waals surface area contributed by atoms with Crippen LogP contribution in [0, 0.1) is 5.92 Å². The first-order valence-corrected chi connectivity index (χ1v) is 6.11. The summed E-state index contributed by atoms with van der Waals surface area (Å²) >= 11 is 0. The highest BCUT2D eigenvalue weighted by molar-refractivity contribution is 5.42. The highest BCUT2D eigenvalue weighted by atomic mass is 16.3. The van der Waals surface area contributed by atoms with E-state index in [1.165, 1.54) is 12.8 Å². The van der Waals surface area contributed by atoms with Crippen LogP contribution in [0.5, 0.6) is 11.5 Å². The van der Waals surface area contributed by atoms with Gasteiger partial charge in [0.15, 0.2) is 0 Å². The smallest absolute Gasteiger partial charge is 0.122 e. The zero-order valence-corrected chi connectivity index (χ0v) is 10.2. The van der Waals surface area contributed by atoms with Crippen LogP contribution in [-0.4, -0.2) is 10.2 Å². The van der Waals surface area contributed by atoms with E-state index in [1.807, 2.05) is 0 Å². The molecule has 2 N–H and O–H groups in total. The molecule has 1 aromatic carbocycles. The molecule has 0 fully saturated rings. The molecule has 16 heavy (non-hydrogen) atoms. The Kier molecular flexibility index (Phi) is 5.17. The maximum absolute atomic E-state index is 9.58. The standard InChI is InChI=1S/C14H22O2/c1-11(2)7-4-3-5-8-12-13(15)9-6-10-14(12)16/h6,9-11,15-16H,3-5,7-8H2,1-2H3. The Balaban J connectivity index is 2.32. The molecule has 0 amide bonds. The van der Waals surface area contributed by atoms with Crippen molar-refractivity contribution in [3.63, 3.8) is 0 Å². The first-order valence-electron chi connectivity index (χ1n) is 6.11. The predicted octanol–water partition coefficient (Wildman–Crippen LogP) is 3.86. The highest BCUT2D eigenvalue weighted by Gasteiger charge is 2.05. The molecule has 0 aliphatic heterocycles. The van der Waals surface area contributed by atoms with Crippen LogP contribution in [0.2, 0.25) is 0 Å². The Morgan fingerprint density at radius 2 is 1.62 bits per heavy atom. The van der Waals surface area contributed by atoms with Crippen molar-refractivity contribution in [2.24, 2.45) is 5.92 Å². The number of unbranched alkanes of at least 4 members (excludes halogenated alkanes) is 2. The van der Waals surface area contributed by atoms with E-state index in [4.69, 9.17) is 0 Å². The molecule has 0 bridgehead atoms. The number of phenolic OH excluding ortho intramolecular Hbond substituents is 2. The van der Waals surface area contributed by atoms with Gasteiger partial charge in [0.2, 0.25) is 0 Å². The molecule has 2 heteroatoms. The third-order valence-corrected chi connectivity index (χ3v) is 2.83. The van der Waals surface area contributed by atoms with E-state index in [0.29, 0.717) is 5.56 Å². The zero-order chi connectivity index (χ0) is 12.0. The Bertz CT molecular complexity index is 298. The average Bonchev–Trinajstić information content (AvgIpc) is 2.21. The van der Waals surface area contributed by atoms with Crippen molar-refractivity contribution in [3.05, 3.63) is 23.8 Å². The fourth-order valence-electron chi connectivity index (χ4n) is 1.85. The number of hydrogen-bond acceptors (Lipinski definition) is 2. The highest BCUT2D eigenvalue weighted by Crippen LogP contribution is 2.28. The third kappa shape index (κ3) is 4.13. The minimum atomic E-state index is 0.212. The molecule has 0 aliphatic rings. The minimum Gasteiger partial charge on any atom is -0.508 e. The summed E-state index contributed by atoms with van der Waals surface area (Å²) < 4.78 is 0. The first kappa shape index (κ1) is 12.9. The molecule has 0 spiro atoms. The summed E-state index contributed by atoms with van der Waals surface area (Å²) in [4.78, 5) is 0. The van der Waals surface area contributed by atoms with Crippen LogP contribution in [0.15, 0.2) is 18.2 Å². The Morgan fingerprint density at radius 1 is 1.00 bits per heavy atom. The van der Waals surface area contributed by atoms with Gasteiger partial charge in [-0.25, -0.2) is 0 Å². The maximum Gasteiger partial charge on any atom is 0.122 e. The molecule has 90 valence electrons. The van der Waals surface area contributed by atoms with Gasteiger partial charge >= 0.3 is 0 Å². The predicted molar refractivity (Wildman–Crippen MR) is 66.8 cm³/mol. The van der Waals surface area contributed by atoms with Crippen molar-refractivity contribution < 1.29 is 10.2 Å². The molecule has 0 aromatic heterocycles. The van der Waals surface area contributed by atoms with Gasteiger partial charge in [-0.05, 0) is 30.9 Å². The molecule has 0 heterocycles. The quantitative estimate of drug-likeness (QED) is 0.717. The lowest BCUT2D eigenvalue weighted by Crippen LogP contribution is -1.90. The summed E-state index contributed by atoms with van der Waals surface area (Å²) in [7, 11) is 0. The van der Waals surface area contributed by atoms with Gasteiger partial charge in [-0.3, -0.25) is 0 Å². The van der Waals surface area contributed by atoms with Crippen molar-refractivity contribution in [2.75, 3.05) is 0 Å². The van der Waals surface area contributed by atoms with E-state index in [2.05, 4.69) is 13.8 Å². The maximum atomic E-state index is 9.58. The fraction of sp³-hybridized carbons (Fsp3) is 0.571. The summed E-state index contributed by atoms with van der Waals surface area (Å²) in [6, 6.07) is 4.92. The topological polar surface area (TPSA) is 40.5 Å². The van der Waals surface area contributed by atoms with Crippen LogP contribution < -0.4 is 0 Å². The van der Waals surface area contributed by atoms with E-state index < -0.39 is 0 Å². The van der Waals surface area contributed by atoms with Crippen molar-refractivity contribution in [2.45, 2.75) is 46.0 Å². The SMILES string of the molecule is CC(C)CCCCCc1c(O)cccc1O. The van der Waals surface area contributed by atoms with E-state index in [0.717, 1.165) is 25.2 Å². The summed E-state index contributed by atoms with van der Waals surface area (Å²) in [5.74, 6) is 1.19. The summed E-state index contributed by atoms with van der Waals surface area (Å²) in [5.41, 5.74) is 0.687. The minimum absolute atomic E-state index is 0.212. The van der Waals surface area contributed by atoms with E-state index >= 15 is 0 Å². The van der Waals surface area contributed by atoms with Crippen LogP contribution in [0.3, 0.4) is 0 Å². The second-order valence-corrected chi connectivity index (χ2v) is 4.77. The second kappa shape index (κ2) is 6.41. The monoisotopic (exact) mass is 222 g/mol. The van der Waals surface area contributed by atoms with E-state index in [9.17, 15) is 10.2 Å². The average molecular weight is 222 g/mol. The van der Waals surface area contributed by atoms with Crippen molar-refractivity contribution in [3.8, 4) is 11.5 Å². The van der Waals surface area contributed by atoms with Crippen LogP contribution in [0.4, 0.5) is 0 Å². The molecule has 0 aliphatic carbocycles. The van der Waals surface area contributed by atoms with E-state index in [1.54, 1.807) is 18.2 Å². The van der Waals surface area contributed by atoms with Gasteiger partial charge in [0.25, 0.3) is 0 Å². The van der Waals surface area contributed by atoms with Crippen molar-refractivity contribution in [1.82, 2.24) is 0 Å². The number of rotatable bonds is 6. The fourth-order valence-corrected chi connectivity index (χ4v) is 1.85. The van der Waals surface area contributed by atoms with Crippen LogP contribution in [-0.2, 0) is 6.42 Å². The molecular weight excluding hydrogens is 200 g/mol. The molecule has 0 saturated heterocycles. The Hall–Kier alpha value is -1.18. The molecule has 1 rings (SSSR count). The number of aromatic hydroxyl groups is 2. The summed E-state index contributed by atoms with van der Waals surface area (Å²) in [6.07, 6.45) is 5.43. The largest absolute Gasteiger partial charge is 0.508 e.